The van der Waals surface area contributed by atoms with Gasteiger partial charge in [0.05, 0.1) is 10.4 Å². The van der Waals surface area contributed by atoms with Gasteiger partial charge in [-0.15, -0.1) is 10.2 Å². The molecule has 0 radical (unpaired) electrons. The second-order valence-corrected chi connectivity index (χ2v) is 11.6. The Morgan fingerprint density at radius 1 is 1.29 bits per heavy atom. The van der Waals surface area contributed by atoms with Gasteiger partial charge in [-0.25, -0.2) is 8.42 Å². The number of rotatable bonds is 3. The van der Waals surface area contributed by atoms with E-state index in [1.807, 2.05) is 25.3 Å². The van der Waals surface area contributed by atoms with Crippen LogP contribution < -0.4 is 5.73 Å². The van der Waals surface area contributed by atoms with Crippen molar-refractivity contribution >= 4 is 43.9 Å². The van der Waals surface area contributed by atoms with Crippen LogP contribution in [0.2, 0.25) is 0 Å². The van der Waals surface area contributed by atoms with E-state index >= 15 is 0 Å². The first-order valence-corrected chi connectivity index (χ1v) is 12.4. The molecule has 3 N–H and O–H groups in total. The minimum Gasteiger partial charge on any atom is -0.493 e. The summed E-state index contributed by atoms with van der Waals surface area (Å²) in [7, 11) is -3.70. The van der Waals surface area contributed by atoms with E-state index in [0.29, 0.717) is 11.9 Å². The normalized spacial score (nSPS) is 24.1. The van der Waals surface area contributed by atoms with Crippen LogP contribution >= 0.6 is 12.2 Å². The number of aromatic hydroxyl groups is 1. The van der Waals surface area contributed by atoms with E-state index in [-0.39, 0.29) is 39.1 Å². The molecule has 0 spiro atoms. The van der Waals surface area contributed by atoms with E-state index < -0.39 is 10.0 Å². The first kappa shape index (κ1) is 22.2. The topological polar surface area (TPSA) is 113 Å². The Hall–Kier alpha value is -2.04. The molecule has 10 heteroatoms. The lowest BCUT2D eigenvalue weighted by Gasteiger charge is -2.37. The van der Waals surface area contributed by atoms with Gasteiger partial charge in [-0.2, -0.15) is 4.31 Å². The van der Waals surface area contributed by atoms with Crippen LogP contribution in [0.4, 0.5) is 5.69 Å². The van der Waals surface area contributed by atoms with Gasteiger partial charge < -0.3 is 15.4 Å². The van der Waals surface area contributed by atoms with Crippen LogP contribution in [0.25, 0.3) is 10.9 Å². The first-order valence-electron chi connectivity index (χ1n) is 10.6. The number of piperidine rings is 1. The monoisotopic (exact) mass is 463 g/mol. The van der Waals surface area contributed by atoms with Gasteiger partial charge in [0, 0.05) is 23.5 Å². The van der Waals surface area contributed by atoms with Crippen molar-refractivity contribution in [3.8, 4) is 5.88 Å². The first-order chi connectivity index (χ1) is 14.4. The van der Waals surface area contributed by atoms with E-state index in [9.17, 15) is 13.5 Å². The van der Waals surface area contributed by atoms with Crippen molar-refractivity contribution in [1.29, 1.82) is 0 Å². The zero-order chi connectivity index (χ0) is 22.7. The molecule has 1 aromatic heterocycles. The van der Waals surface area contributed by atoms with E-state index in [0.717, 1.165) is 36.8 Å². The van der Waals surface area contributed by atoms with Crippen molar-refractivity contribution in [3.63, 3.8) is 0 Å². The van der Waals surface area contributed by atoms with E-state index in [1.54, 1.807) is 16.4 Å². The lowest BCUT2D eigenvalue weighted by Crippen LogP contribution is -2.42. The summed E-state index contributed by atoms with van der Waals surface area (Å²) < 4.78 is 30.6. The zero-order valence-electron chi connectivity index (χ0n) is 18.3. The van der Waals surface area contributed by atoms with Crippen LogP contribution in [0, 0.1) is 0 Å². The van der Waals surface area contributed by atoms with Gasteiger partial charge >= 0.3 is 0 Å². The van der Waals surface area contributed by atoms with E-state index in [4.69, 9.17) is 18.0 Å². The van der Waals surface area contributed by atoms with Crippen LogP contribution in [0.5, 0.6) is 5.88 Å². The molecule has 168 valence electrons. The van der Waals surface area contributed by atoms with Crippen molar-refractivity contribution in [2.45, 2.75) is 75.8 Å². The number of hydrogen-bond acceptors (Lipinski definition) is 5. The van der Waals surface area contributed by atoms with Crippen LogP contribution in [0.15, 0.2) is 27.3 Å². The molecule has 2 atom stereocenters. The Morgan fingerprint density at radius 2 is 2.00 bits per heavy atom. The van der Waals surface area contributed by atoms with E-state index in [2.05, 4.69) is 17.2 Å². The summed E-state index contributed by atoms with van der Waals surface area (Å²) in [6.45, 7) is 8.63. The standard InChI is InChI=1S/C21H29N5O3S2/c1-12-11-21(3,4)26-18-15(12)9-14(31(28,29)25-8-6-5-7-13(25)2)10-16(18)17(19(26)27)23-24-20(22)30/h9-10,12-13,27H,5-8,11H2,1-4H3,(H2,22,30). The Bertz CT molecular complexity index is 1200. The average Bonchev–Trinajstić information content (AvgIpc) is 2.96. The number of sulfonamides is 1. The van der Waals surface area contributed by atoms with E-state index in [1.165, 1.54) is 0 Å². The van der Waals surface area contributed by atoms with Crippen LogP contribution in [-0.2, 0) is 15.6 Å². The van der Waals surface area contributed by atoms with Gasteiger partial charge in [-0.05, 0) is 75.9 Å². The molecule has 2 aliphatic heterocycles. The molecule has 0 amide bonds. The highest BCUT2D eigenvalue weighted by atomic mass is 32.2. The fourth-order valence-corrected chi connectivity index (χ4v) is 7.02. The molecule has 8 nitrogen and oxygen atoms in total. The Balaban J connectivity index is 2.02. The summed E-state index contributed by atoms with van der Waals surface area (Å²) in [6, 6.07) is 3.32. The molecule has 1 aromatic carbocycles. The van der Waals surface area contributed by atoms with Crippen LogP contribution in [-0.4, -0.2) is 40.1 Å². The molecule has 1 fully saturated rings. The van der Waals surface area contributed by atoms with Crippen molar-refractivity contribution in [2.75, 3.05) is 6.54 Å². The van der Waals surface area contributed by atoms with Gasteiger partial charge in [0.2, 0.25) is 21.0 Å². The smallest absolute Gasteiger partial charge is 0.243 e. The second kappa shape index (κ2) is 7.53. The summed E-state index contributed by atoms with van der Waals surface area (Å²) >= 11 is 4.81. The summed E-state index contributed by atoms with van der Waals surface area (Å²) in [5.41, 5.74) is 6.95. The minimum atomic E-state index is -3.70. The van der Waals surface area contributed by atoms with Gasteiger partial charge in [-0.1, -0.05) is 13.3 Å². The maximum atomic E-state index is 13.6. The van der Waals surface area contributed by atoms with Gasteiger partial charge in [0.25, 0.3) is 0 Å². The molecule has 31 heavy (non-hydrogen) atoms. The fourth-order valence-electron chi connectivity index (χ4n) is 5.22. The molecular weight excluding hydrogens is 434 g/mol. The third-order valence-corrected chi connectivity index (χ3v) is 8.63. The molecular formula is C21H29N5O3S2. The highest BCUT2D eigenvalue weighted by molar-refractivity contribution is 7.89. The Labute approximate surface area is 188 Å². The summed E-state index contributed by atoms with van der Waals surface area (Å²) in [5.74, 6) is 0.0441. The van der Waals surface area contributed by atoms with Gasteiger partial charge in [0.15, 0.2) is 5.69 Å². The maximum absolute atomic E-state index is 13.6. The predicted molar refractivity (Wildman–Crippen MR) is 124 cm³/mol. The molecule has 0 bridgehead atoms. The number of benzene rings is 1. The number of nitrogens with zero attached hydrogens (tertiary/aromatic N) is 4. The lowest BCUT2D eigenvalue weighted by molar-refractivity contribution is 0.266. The highest BCUT2D eigenvalue weighted by Crippen LogP contribution is 2.51. The molecule has 4 rings (SSSR count). The van der Waals surface area contributed by atoms with Crippen molar-refractivity contribution in [3.05, 3.63) is 17.7 Å². The molecule has 0 saturated carbocycles. The predicted octanol–water partition coefficient (Wildman–Crippen LogP) is 4.48. The molecule has 0 aliphatic carbocycles. The van der Waals surface area contributed by atoms with Gasteiger partial charge in [-0.3, -0.25) is 0 Å². The largest absolute Gasteiger partial charge is 0.493 e. The zero-order valence-corrected chi connectivity index (χ0v) is 19.9. The quantitative estimate of drug-likeness (QED) is 0.515. The SMILES string of the molecule is CC1CC(C)(C)n2c(O)c(N=NC(N)=S)c3cc(S(=O)(=O)N4CCCCC4C)cc1c32. The second-order valence-electron chi connectivity index (χ2n) is 9.33. The molecule has 2 aliphatic rings. The number of azo groups is 1. The summed E-state index contributed by atoms with van der Waals surface area (Å²) in [4.78, 5) is 0.222. The molecule has 3 heterocycles. The average molecular weight is 464 g/mol. The highest BCUT2D eigenvalue weighted by Gasteiger charge is 2.39. The van der Waals surface area contributed by atoms with Crippen LogP contribution in [0.1, 0.15) is 64.9 Å². The molecule has 2 unspecified atom stereocenters. The number of aromatic nitrogens is 1. The maximum Gasteiger partial charge on any atom is 0.243 e. The van der Waals surface area contributed by atoms with Crippen molar-refractivity contribution in [1.82, 2.24) is 8.87 Å². The lowest BCUT2D eigenvalue weighted by atomic mass is 9.82. The molecule has 1 saturated heterocycles. The number of thiocarbonyl (C=S) groups is 1. The Kier molecular flexibility index (Phi) is 5.38. The van der Waals surface area contributed by atoms with Crippen LogP contribution in [0.3, 0.4) is 0 Å². The number of hydrogen-bond donors (Lipinski definition) is 2. The third-order valence-electron chi connectivity index (χ3n) is 6.55. The minimum absolute atomic E-state index is 0.0473. The fraction of sp³-hybridized carbons (Fsp3) is 0.571. The number of nitrogens with two attached hydrogens (primary N) is 1. The van der Waals surface area contributed by atoms with Crippen molar-refractivity contribution < 1.29 is 13.5 Å². The van der Waals surface area contributed by atoms with Crippen molar-refractivity contribution in [2.24, 2.45) is 16.0 Å². The molecule has 2 aromatic rings. The van der Waals surface area contributed by atoms with Gasteiger partial charge in [0.1, 0.15) is 0 Å². The summed E-state index contributed by atoms with van der Waals surface area (Å²) in [5, 5.41) is 19.3. The third kappa shape index (κ3) is 3.54. The Morgan fingerprint density at radius 3 is 2.65 bits per heavy atom. The summed E-state index contributed by atoms with van der Waals surface area (Å²) in [6.07, 6.45) is 3.48.